The van der Waals surface area contributed by atoms with E-state index in [-0.39, 0.29) is 23.6 Å². The van der Waals surface area contributed by atoms with E-state index in [2.05, 4.69) is 5.32 Å². The van der Waals surface area contributed by atoms with Gasteiger partial charge in [0, 0.05) is 17.6 Å². The predicted molar refractivity (Wildman–Crippen MR) is 91.1 cm³/mol. The number of halogens is 2. The molecule has 2 aromatic rings. The van der Waals surface area contributed by atoms with Crippen LogP contribution in [0.3, 0.4) is 0 Å². The molecule has 0 radical (unpaired) electrons. The minimum Gasteiger partial charge on any atom is -0.457 e. The molecule has 1 N–H and O–H groups in total. The maximum Gasteiger partial charge on any atom is 0.310 e. The molecule has 0 bridgehead atoms. The number of amides is 1. The van der Waals surface area contributed by atoms with Crippen LogP contribution in [0.5, 0.6) is 0 Å². The average molecular weight is 364 g/mol. The predicted octanol–water partition coefficient (Wildman–Crippen LogP) is 3.41. The second-order valence-corrected chi connectivity index (χ2v) is 5.64. The number of anilines is 1. The average Bonchev–Trinajstić information content (AvgIpc) is 2.54. The number of carbonyl (C=O) groups excluding carboxylic acids is 3. The normalized spacial score (nSPS) is 10.2. The van der Waals surface area contributed by atoms with Crippen LogP contribution < -0.4 is 5.32 Å². The number of benzene rings is 2. The molecular formula is C18H15ClFNO4. The van der Waals surface area contributed by atoms with Crippen molar-refractivity contribution in [2.45, 2.75) is 13.3 Å². The Hall–Kier alpha value is -2.73. The SMILES string of the molecule is CC(=O)Nc1ccc(C(=O)COC(=O)Cc2ccccc2Cl)c(F)c1. The summed E-state index contributed by atoms with van der Waals surface area (Å²) in [5, 5.41) is 2.83. The molecule has 0 saturated heterocycles. The van der Waals surface area contributed by atoms with Crippen molar-refractivity contribution in [3.63, 3.8) is 0 Å². The van der Waals surface area contributed by atoms with E-state index in [0.29, 0.717) is 10.6 Å². The van der Waals surface area contributed by atoms with Crippen molar-refractivity contribution < 1.29 is 23.5 Å². The maximum atomic E-state index is 13.9. The standard InChI is InChI=1S/C18H15ClFNO4/c1-11(22)21-13-6-7-14(16(20)9-13)17(23)10-25-18(24)8-12-4-2-3-5-15(12)19/h2-7,9H,8,10H2,1H3,(H,21,22). The van der Waals surface area contributed by atoms with Gasteiger partial charge in [-0.2, -0.15) is 0 Å². The molecule has 0 spiro atoms. The molecule has 0 aliphatic heterocycles. The lowest BCUT2D eigenvalue weighted by Gasteiger charge is -2.08. The van der Waals surface area contributed by atoms with E-state index >= 15 is 0 Å². The molecule has 0 saturated carbocycles. The summed E-state index contributed by atoms with van der Waals surface area (Å²) < 4.78 is 18.8. The summed E-state index contributed by atoms with van der Waals surface area (Å²) >= 11 is 5.94. The van der Waals surface area contributed by atoms with E-state index in [1.165, 1.54) is 19.1 Å². The van der Waals surface area contributed by atoms with E-state index < -0.39 is 24.2 Å². The summed E-state index contributed by atoms with van der Waals surface area (Å²) in [5.41, 5.74) is 0.587. The number of nitrogens with one attached hydrogen (secondary N) is 1. The van der Waals surface area contributed by atoms with Gasteiger partial charge in [-0.1, -0.05) is 29.8 Å². The van der Waals surface area contributed by atoms with Gasteiger partial charge in [-0.15, -0.1) is 0 Å². The second-order valence-electron chi connectivity index (χ2n) is 5.23. The molecular weight excluding hydrogens is 349 g/mol. The van der Waals surface area contributed by atoms with Gasteiger partial charge < -0.3 is 10.1 Å². The minimum absolute atomic E-state index is 0.0864. The number of hydrogen-bond acceptors (Lipinski definition) is 4. The highest BCUT2D eigenvalue weighted by atomic mass is 35.5. The van der Waals surface area contributed by atoms with E-state index in [1.54, 1.807) is 24.3 Å². The first-order valence-corrected chi connectivity index (χ1v) is 7.74. The third-order valence-electron chi connectivity index (χ3n) is 3.25. The van der Waals surface area contributed by atoms with E-state index in [1.807, 2.05) is 0 Å². The van der Waals surface area contributed by atoms with Gasteiger partial charge in [0.25, 0.3) is 0 Å². The molecule has 130 valence electrons. The fraction of sp³-hybridized carbons (Fsp3) is 0.167. The van der Waals surface area contributed by atoms with Crippen molar-refractivity contribution in [3.05, 3.63) is 64.4 Å². The van der Waals surface area contributed by atoms with Crippen LogP contribution in [-0.4, -0.2) is 24.3 Å². The summed E-state index contributed by atoms with van der Waals surface area (Å²) in [6.45, 7) is 0.703. The van der Waals surface area contributed by atoms with Gasteiger partial charge in [-0.25, -0.2) is 4.39 Å². The Bertz CT molecular complexity index is 822. The number of rotatable bonds is 6. The summed E-state index contributed by atoms with van der Waals surface area (Å²) in [7, 11) is 0. The Kier molecular flexibility index (Phi) is 6.25. The van der Waals surface area contributed by atoms with Gasteiger partial charge >= 0.3 is 5.97 Å². The highest BCUT2D eigenvalue weighted by molar-refractivity contribution is 6.31. The van der Waals surface area contributed by atoms with E-state index in [0.717, 1.165) is 6.07 Å². The molecule has 2 rings (SSSR count). The molecule has 7 heteroatoms. The van der Waals surface area contributed by atoms with Gasteiger partial charge in [0.05, 0.1) is 12.0 Å². The molecule has 0 atom stereocenters. The fourth-order valence-electron chi connectivity index (χ4n) is 2.09. The van der Waals surface area contributed by atoms with Crippen molar-refractivity contribution >= 4 is 34.9 Å². The number of hydrogen-bond donors (Lipinski definition) is 1. The molecule has 2 aromatic carbocycles. The van der Waals surface area contributed by atoms with Gasteiger partial charge in [0.1, 0.15) is 5.82 Å². The molecule has 1 amide bonds. The Morgan fingerprint density at radius 2 is 1.88 bits per heavy atom. The van der Waals surface area contributed by atoms with Crippen LogP contribution in [0.1, 0.15) is 22.8 Å². The molecule has 0 fully saturated rings. The highest BCUT2D eigenvalue weighted by Crippen LogP contribution is 2.17. The smallest absolute Gasteiger partial charge is 0.310 e. The van der Waals surface area contributed by atoms with Gasteiger partial charge in [-0.05, 0) is 29.8 Å². The molecule has 25 heavy (non-hydrogen) atoms. The Morgan fingerprint density at radius 3 is 2.52 bits per heavy atom. The van der Waals surface area contributed by atoms with Crippen molar-refractivity contribution in [2.75, 3.05) is 11.9 Å². The highest BCUT2D eigenvalue weighted by Gasteiger charge is 2.16. The second kappa shape index (κ2) is 8.39. The summed E-state index contributed by atoms with van der Waals surface area (Å²) in [6, 6.07) is 10.4. The van der Waals surface area contributed by atoms with Gasteiger partial charge in [-0.3, -0.25) is 14.4 Å². The number of ether oxygens (including phenoxy) is 1. The van der Waals surface area contributed by atoms with Crippen LogP contribution >= 0.6 is 11.6 Å². The third-order valence-corrected chi connectivity index (χ3v) is 3.62. The molecule has 0 aliphatic rings. The van der Waals surface area contributed by atoms with Crippen LogP contribution in [0.4, 0.5) is 10.1 Å². The zero-order valence-electron chi connectivity index (χ0n) is 13.3. The Morgan fingerprint density at radius 1 is 1.16 bits per heavy atom. The lowest BCUT2D eigenvalue weighted by Crippen LogP contribution is -2.17. The van der Waals surface area contributed by atoms with Crippen LogP contribution in [0.15, 0.2) is 42.5 Å². The fourth-order valence-corrected chi connectivity index (χ4v) is 2.30. The summed E-state index contributed by atoms with van der Waals surface area (Å²) in [6.07, 6.45) is -0.0864. The van der Waals surface area contributed by atoms with Crippen molar-refractivity contribution in [1.29, 1.82) is 0 Å². The molecule has 5 nitrogen and oxygen atoms in total. The van der Waals surface area contributed by atoms with Crippen LogP contribution in [0, 0.1) is 5.82 Å². The van der Waals surface area contributed by atoms with E-state index in [4.69, 9.17) is 16.3 Å². The van der Waals surface area contributed by atoms with Crippen molar-refractivity contribution in [3.8, 4) is 0 Å². The lowest BCUT2D eigenvalue weighted by atomic mass is 10.1. The van der Waals surface area contributed by atoms with Crippen LogP contribution in [-0.2, 0) is 20.7 Å². The quantitative estimate of drug-likeness (QED) is 0.630. The molecule has 0 heterocycles. The van der Waals surface area contributed by atoms with Crippen molar-refractivity contribution in [2.24, 2.45) is 0 Å². The third kappa shape index (κ3) is 5.39. The van der Waals surface area contributed by atoms with Gasteiger partial charge in [0.15, 0.2) is 6.61 Å². The number of ketones is 1. The van der Waals surface area contributed by atoms with Crippen molar-refractivity contribution in [1.82, 2.24) is 0 Å². The minimum atomic E-state index is -0.807. The zero-order chi connectivity index (χ0) is 18.4. The van der Waals surface area contributed by atoms with Gasteiger partial charge in [0.2, 0.25) is 11.7 Å². The lowest BCUT2D eigenvalue weighted by molar-refractivity contribution is -0.141. The maximum absolute atomic E-state index is 13.9. The Balaban J connectivity index is 1.94. The molecule has 0 unspecified atom stereocenters. The topological polar surface area (TPSA) is 72.5 Å². The van der Waals surface area contributed by atoms with Crippen LogP contribution in [0.25, 0.3) is 0 Å². The summed E-state index contributed by atoms with van der Waals surface area (Å²) in [4.78, 5) is 34.7. The number of carbonyl (C=O) groups is 3. The molecule has 0 aliphatic carbocycles. The Labute approximate surface area is 148 Å². The monoisotopic (exact) mass is 363 g/mol. The molecule has 0 aromatic heterocycles. The first kappa shape index (κ1) is 18.6. The number of esters is 1. The zero-order valence-corrected chi connectivity index (χ0v) is 14.1. The number of Topliss-reactive ketones (excluding diaryl/α,β-unsaturated/α-hetero) is 1. The largest absolute Gasteiger partial charge is 0.457 e. The van der Waals surface area contributed by atoms with Crippen LogP contribution in [0.2, 0.25) is 5.02 Å². The first-order chi connectivity index (χ1) is 11.9. The summed E-state index contributed by atoms with van der Waals surface area (Å²) in [5.74, 6) is -2.48. The van der Waals surface area contributed by atoms with E-state index in [9.17, 15) is 18.8 Å². The first-order valence-electron chi connectivity index (χ1n) is 7.36.